The van der Waals surface area contributed by atoms with Crippen LogP contribution in [0.2, 0.25) is 0 Å². The SMILES string of the molecule is COCCC(NC(=O)NC(C)c1ccc(C)s1)C(=O)O. The minimum atomic E-state index is -1.07. The molecule has 1 heterocycles. The molecule has 0 fully saturated rings. The van der Waals surface area contributed by atoms with Gasteiger partial charge in [-0.15, -0.1) is 11.3 Å². The number of nitrogens with one attached hydrogen (secondary N) is 2. The second-order valence-corrected chi connectivity index (χ2v) is 5.78. The number of urea groups is 1. The maximum atomic E-state index is 11.8. The molecule has 3 N–H and O–H groups in total. The molecule has 20 heavy (non-hydrogen) atoms. The topological polar surface area (TPSA) is 87.7 Å². The molecule has 0 aliphatic heterocycles. The van der Waals surface area contributed by atoms with Gasteiger partial charge in [0.2, 0.25) is 0 Å². The van der Waals surface area contributed by atoms with Crippen molar-refractivity contribution in [3.05, 3.63) is 21.9 Å². The van der Waals surface area contributed by atoms with Crippen LogP contribution >= 0.6 is 11.3 Å². The highest BCUT2D eigenvalue weighted by Gasteiger charge is 2.20. The van der Waals surface area contributed by atoms with E-state index >= 15 is 0 Å². The fourth-order valence-electron chi connectivity index (χ4n) is 1.65. The first kappa shape index (κ1) is 16.5. The Morgan fingerprint density at radius 3 is 2.60 bits per heavy atom. The Morgan fingerprint density at radius 2 is 2.10 bits per heavy atom. The van der Waals surface area contributed by atoms with Crippen molar-refractivity contribution in [2.75, 3.05) is 13.7 Å². The molecule has 0 aromatic carbocycles. The molecule has 0 spiro atoms. The molecule has 0 aliphatic rings. The summed E-state index contributed by atoms with van der Waals surface area (Å²) in [6.07, 6.45) is 0.228. The summed E-state index contributed by atoms with van der Waals surface area (Å²) >= 11 is 1.60. The van der Waals surface area contributed by atoms with Crippen LogP contribution in [0.3, 0.4) is 0 Å². The normalized spacial score (nSPS) is 13.6. The van der Waals surface area contributed by atoms with Gasteiger partial charge >= 0.3 is 12.0 Å². The smallest absolute Gasteiger partial charge is 0.326 e. The Bertz CT molecular complexity index is 461. The molecule has 1 aromatic rings. The molecule has 0 saturated heterocycles. The predicted octanol–water partition coefficient (Wildman–Crippen LogP) is 1.91. The van der Waals surface area contributed by atoms with Crippen molar-refractivity contribution in [2.45, 2.75) is 32.4 Å². The van der Waals surface area contributed by atoms with E-state index in [1.54, 1.807) is 11.3 Å². The number of carbonyl (C=O) groups excluding carboxylic acids is 1. The predicted molar refractivity (Wildman–Crippen MR) is 77.1 cm³/mol. The summed E-state index contributed by atoms with van der Waals surface area (Å²) in [6.45, 7) is 4.12. The monoisotopic (exact) mass is 300 g/mol. The number of rotatable bonds is 7. The number of thiophene rings is 1. The quantitative estimate of drug-likeness (QED) is 0.718. The number of hydrogen-bond acceptors (Lipinski definition) is 4. The second-order valence-electron chi connectivity index (χ2n) is 4.46. The Kier molecular flexibility index (Phi) is 6.47. The third kappa shape index (κ3) is 5.18. The van der Waals surface area contributed by atoms with E-state index in [1.165, 1.54) is 7.11 Å². The zero-order valence-electron chi connectivity index (χ0n) is 11.8. The summed E-state index contributed by atoms with van der Waals surface area (Å²) in [7, 11) is 1.49. The van der Waals surface area contributed by atoms with Crippen LogP contribution in [-0.4, -0.2) is 36.9 Å². The standard InChI is InChI=1S/C13H20N2O4S/c1-8-4-5-11(20-8)9(2)14-13(18)15-10(12(16)17)6-7-19-3/h4-5,9-10H,6-7H2,1-3H3,(H,16,17)(H2,14,15,18). The lowest BCUT2D eigenvalue weighted by Gasteiger charge is -2.17. The maximum Gasteiger partial charge on any atom is 0.326 e. The van der Waals surface area contributed by atoms with E-state index in [0.717, 1.165) is 9.75 Å². The molecule has 2 atom stereocenters. The molecule has 0 saturated carbocycles. The molecule has 0 bridgehead atoms. The highest BCUT2D eigenvalue weighted by molar-refractivity contribution is 7.12. The largest absolute Gasteiger partial charge is 0.480 e. The van der Waals surface area contributed by atoms with E-state index in [-0.39, 0.29) is 19.1 Å². The minimum absolute atomic E-state index is 0.162. The van der Waals surface area contributed by atoms with Crippen molar-refractivity contribution >= 4 is 23.3 Å². The van der Waals surface area contributed by atoms with Gasteiger partial charge in [0.25, 0.3) is 0 Å². The van der Waals surface area contributed by atoms with E-state index < -0.39 is 18.0 Å². The summed E-state index contributed by atoms with van der Waals surface area (Å²) in [5.74, 6) is -1.07. The van der Waals surface area contributed by atoms with Crippen molar-refractivity contribution in [3.8, 4) is 0 Å². The highest BCUT2D eigenvalue weighted by atomic mass is 32.1. The number of aliphatic carboxylic acids is 1. The van der Waals surface area contributed by atoms with E-state index in [4.69, 9.17) is 9.84 Å². The van der Waals surface area contributed by atoms with Crippen molar-refractivity contribution in [1.82, 2.24) is 10.6 Å². The van der Waals surface area contributed by atoms with Crippen LogP contribution in [0.5, 0.6) is 0 Å². The fraction of sp³-hybridized carbons (Fsp3) is 0.538. The van der Waals surface area contributed by atoms with Crippen LogP contribution in [0.25, 0.3) is 0 Å². The molecule has 1 rings (SSSR count). The maximum absolute atomic E-state index is 11.8. The number of amides is 2. The van der Waals surface area contributed by atoms with Gasteiger partial charge in [-0.25, -0.2) is 9.59 Å². The van der Waals surface area contributed by atoms with Crippen LogP contribution in [0.1, 0.15) is 29.1 Å². The fourth-order valence-corrected chi connectivity index (χ4v) is 2.53. The van der Waals surface area contributed by atoms with Crippen LogP contribution in [0.15, 0.2) is 12.1 Å². The number of hydrogen-bond donors (Lipinski definition) is 3. The lowest BCUT2D eigenvalue weighted by molar-refractivity contribution is -0.139. The average Bonchev–Trinajstić information content (AvgIpc) is 2.80. The van der Waals surface area contributed by atoms with Gasteiger partial charge in [-0.1, -0.05) is 0 Å². The van der Waals surface area contributed by atoms with Gasteiger partial charge in [0, 0.05) is 29.9 Å². The van der Waals surface area contributed by atoms with Gasteiger partial charge in [0.05, 0.1) is 6.04 Å². The summed E-state index contributed by atoms with van der Waals surface area (Å²) in [6, 6.07) is 2.32. The molecule has 1 aromatic heterocycles. The van der Waals surface area contributed by atoms with Gasteiger partial charge in [0.15, 0.2) is 0 Å². The molecular formula is C13H20N2O4S. The second kappa shape index (κ2) is 7.86. The first-order chi connectivity index (χ1) is 9.43. The first-order valence-electron chi connectivity index (χ1n) is 6.29. The minimum Gasteiger partial charge on any atom is -0.480 e. The number of methoxy groups -OCH3 is 1. The molecule has 0 aliphatic carbocycles. The molecule has 112 valence electrons. The van der Waals surface area contributed by atoms with Gasteiger partial charge < -0.3 is 20.5 Å². The van der Waals surface area contributed by atoms with Crippen LogP contribution in [0, 0.1) is 6.92 Å². The number of carboxylic acid groups (broad SMARTS) is 1. The average molecular weight is 300 g/mol. The Balaban J connectivity index is 2.50. The van der Waals surface area contributed by atoms with E-state index in [0.29, 0.717) is 0 Å². The van der Waals surface area contributed by atoms with E-state index in [2.05, 4.69) is 10.6 Å². The van der Waals surface area contributed by atoms with Crippen molar-refractivity contribution in [1.29, 1.82) is 0 Å². The summed E-state index contributed by atoms with van der Waals surface area (Å²) in [5, 5.41) is 14.2. The van der Waals surface area contributed by atoms with Gasteiger partial charge in [-0.3, -0.25) is 0 Å². The van der Waals surface area contributed by atoms with Gasteiger partial charge in [0.1, 0.15) is 6.04 Å². The van der Waals surface area contributed by atoms with Crippen LogP contribution < -0.4 is 10.6 Å². The van der Waals surface area contributed by atoms with Crippen LogP contribution in [0.4, 0.5) is 4.79 Å². The summed E-state index contributed by atoms with van der Waals surface area (Å²) in [4.78, 5) is 25.0. The first-order valence-corrected chi connectivity index (χ1v) is 7.10. The van der Waals surface area contributed by atoms with E-state index in [9.17, 15) is 9.59 Å². The van der Waals surface area contributed by atoms with Gasteiger partial charge in [-0.2, -0.15) is 0 Å². The summed E-state index contributed by atoms with van der Waals surface area (Å²) < 4.78 is 4.82. The third-order valence-electron chi connectivity index (χ3n) is 2.75. The molecule has 7 heteroatoms. The molecule has 2 amide bonds. The van der Waals surface area contributed by atoms with Crippen molar-refractivity contribution in [3.63, 3.8) is 0 Å². The Morgan fingerprint density at radius 1 is 1.40 bits per heavy atom. The number of ether oxygens (including phenoxy) is 1. The lowest BCUT2D eigenvalue weighted by atomic mass is 10.2. The van der Waals surface area contributed by atoms with Crippen LogP contribution in [-0.2, 0) is 9.53 Å². The van der Waals surface area contributed by atoms with E-state index in [1.807, 2.05) is 26.0 Å². The highest BCUT2D eigenvalue weighted by Crippen LogP contribution is 2.22. The molecule has 2 unspecified atom stereocenters. The number of carboxylic acids is 1. The molecule has 6 nitrogen and oxygen atoms in total. The Hall–Kier alpha value is -1.60. The van der Waals surface area contributed by atoms with Gasteiger partial charge in [-0.05, 0) is 26.0 Å². The number of carbonyl (C=O) groups is 2. The van der Waals surface area contributed by atoms with Crippen molar-refractivity contribution in [2.24, 2.45) is 0 Å². The molecular weight excluding hydrogens is 280 g/mol. The zero-order valence-corrected chi connectivity index (χ0v) is 12.6. The summed E-state index contributed by atoms with van der Waals surface area (Å²) in [5.41, 5.74) is 0. The molecule has 0 radical (unpaired) electrons. The zero-order chi connectivity index (χ0) is 15.1. The Labute approximate surface area is 122 Å². The van der Waals surface area contributed by atoms with Crippen molar-refractivity contribution < 1.29 is 19.4 Å². The third-order valence-corrected chi connectivity index (χ3v) is 3.93. The number of aryl methyl sites for hydroxylation is 1. The lowest BCUT2D eigenvalue weighted by Crippen LogP contribution is -2.47.